The second-order valence-electron chi connectivity index (χ2n) is 7.43. The number of likely N-dealkylation sites (tertiary alicyclic amines) is 1. The summed E-state index contributed by atoms with van der Waals surface area (Å²) in [5.41, 5.74) is -0.270. The number of carbonyl (C=O) groups is 3. The molecule has 0 aromatic heterocycles. The van der Waals surface area contributed by atoms with E-state index in [1.165, 1.54) is 12.1 Å². The van der Waals surface area contributed by atoms with Gasteiger partial charge >= 0.3 is 5.97 Å². The second kappa shape index (κ2) is 8.93. The fourth-order valence-electron chi connectivity index (χ4n) is 3.75. The summed E-state index contributed by atoms with van der Waals surface area (Å²) >= 11 is 0. The molecule has 2 aromatic rings. The number of carboxylic acids is 1. The molecular weight excluding hydrogens is 423 g/mol. The van der Waals surface area contributed by atoms with E-state index in [9.17, 15) is 23.9 Å². The molecule has 1 atom stereocenters. The van der Waals surface area contributed by atoms with Gasteiger partial charge in [-0.1, -0.05) is 18.2 Å². The van der Waals surface area contributed by atoms with Crippen molar-refractivity contribution in [3.63, 3.8) is 0 Å². The zero-order valence-corrected chi connectivity index (χ0v) is 17.0. The smallest absolute Gasteiger partial charge is 0.326 e. The minimum absolute atomic E-state index is 0.000472. The van der Waals surface area contributed by atoms with Crippen LogP contribution in [0, 0.1) is 5.82 Å². The molecule has 0 radical (unpaired) electrons. The lowest BCUT2D eigenvalue weighted by Crippen LogP contribution is -2.46. The molecule has 2 aliphatic rings. The van der Waals surface area contributed by atoms with E-state index >= 15 is 0 Å². The molecule has 1 spiro atoms. The number of amides is 2. The number of para-hydroxylation sites is 1. The van der Waals surface area contributed by atoms with Gasteiger partial charge in [-0.25, -0.2) is 9.18 Å². The van der Waals surface area contributed by atoms with Crippen LogP contribution in [0.4, 0.5) is 4.39 Å². The van der Waals surface area contributed by atoms with Crippen LogP contribution in [0.2, 0.25) is 0 Å². The largest absolute Gasteiger partial charge is 0.480 e. The molecule has 2 fully saturated rings. The van der Waals surface area contributed by atoms with Gasteiger partial charge in [-0.3, -0.25) is 9.59 Å². The molecule has 2 saturated heterocycles. The van der Waals surface area contributed by atoms with Gasteiger partial charge in [0.25, 0.3) is 5.91 Å². The van der Waals surface area contributed by atoms with Gasteiger partial charge in [-0.15, -0.1) is 0 Å². The summed E-state index contributed by atoms with van der Waals surface area (Å²) < 4.78 is 31.0. The summed E-state index contributed by atoms with van der Waals surface area (Å²) in [6, 6.07) is 11.4. The van der Waals surface area contributed by atoms with E-state index in [4.69, 9.17) is 14.2 Å². The van der Waals surface area contributed by atoms with E-state index in [0.29, 0.717) is 19.0 Å². The Kier molecular flexibility index (Phi) is 6.06. The number of ether oxygens (including phenoxy) is 3. The highest BCUT2D eigenvalue weighted by atomic mass is 19.1. The molecule has 2 heterocycles. The van der Waals surface area contributed by atoms with E-state index in [2.05, 4.69) is 5.32 Å². The Morgan fingerprint density at radius 3 is 2.50 bits per heavy atom. The molecule has 1 unspecified atom stereocenters. The Balaban J connectivity index is 1.37. The minimum atomic E-state index is -1.19. The highest BCUT2D eigenvalue weighted by Crippen LogP contribution is 2.34. The van der Waals surface area contributed by atoms with Gasteiger partial charge in [0.15, 0.2) is 5.79 Å². The van der Waals surface area contributed by atoms with Gasteiger partial charge in [-0.2, -0.15) is 0 Å². The van der Waals surface area contributed by atoms with Gasteiger partial charge in [0, 0.05) is 12.5 Å². The molecule has 10 heteroatoms. The number of benzene rings is 2. The van der Waals surface area contributed by atoms with Crippen LogP contribution < -0.4 is 10.1 Å². The number of hydrogen-bond acceptors (Lipinski definition) is 6. The zero-order valence-electron chi connectivity index (χ0n) is 17.0. The van der Waals surface area contributed by atoms with Crippen LogP contribution in [0.3, 0.4) is 0 Å². The summed E-state index contributed by atoms with van der Waals surface area (Å²) in [6.07, 6.45) is -0.000472. The summed E-state index contributed by atoms with van der Waals surface area (Å²) in [4.78, 5) is 37.7. The predicted octanol–water partition coefficient (Wildman–Crippen LogP) is 1.78. The van der Waals surface area contributed by atoms with Crippen LogP contribution in [0.5, 0.6) is 11.5 Å². The van der Waals surface area contributed by atoms with Crippen molar-refractivity contribution < 1.29 is 38.1 Å². The van der Waals surface area contributed by atoms with E-state index in [1.54, 1.807) is 24.3 Å². The molecule has 0 aliphatic carbocycles. The summed E-state index contributed by atoms with van der Waals surface area (Å²) in [6.45, 7) is 0.0711. The molecule has 2 amide bonds. The molecular formula is C22H21FN2O7. The van der Waals surface area contributed by atoms with Crippen molar-refractivity contribution in [3.05, 3.63) is 59.9 Å². The van der Waals surface area contributed by atoms with Crippen LogP contribution in [0.15, 0.2) is 48.5 Å². The third kappa shape index (κ3) is 4.56. The molecule has 2 aromatic carbocycles. The number of halogens is 1. The Bertz CT molecular complexity index is 1020. The Labute approximate surface area is 182 Å². The van der Waals surface area contributed by atoms with Gasteiger partial charge in [0.05, 0.1) is 31.9 Å². The van der Waals surface area contributed by atoms with E-state index in [-0.39, 0.29) is 24.3 Å². The monoisotopic (exact) mass is 444 g/mol. The van der Waals surface area contributed by atoms with Gasteiger partial charge < -0.3 is 29.5 Å². The minimum Gasteiger partial charge on any atom is -0.480 e. The molecule has 2 N–H and O–H groups in total. The van der Waals surface area contributed by atoms with Crippen LogP contribution in [0.1, 0.15) is 16.8 Å². The van der Waals surface area contributed by atoms with Gasteiger partial charge in [-0.05, 0) is 24.3 Å². The fraction of sp³-hybridized carbons (Fsp3) is 0.318. The first-order chi connectivity index (χ1) is 15.4. The first kappa shape index (κ1) is 21.7. The van der Waals surface area contributed by atoms with Crippen LogP contribution in [-0.2, 0) is 19.1 Å². The molecule has 4 rings (SSSR count). The van der Waals surface area contributed by atoms with Crippen LogP contribution >= 0.6 is 0 Å². The number of carbonyl (C=O) groups excluding carboxylic acids is 2. The first-order valence-electron chi connectivity index (χ1n) is 9.98. The average molecular weight is 444 g/mol. The molecule has 2 aliphatic heterocycles. The van der Waals surface area contributed by atoms with Crippen molar-refractivity contribution in [2.24, 2.45) is 0 Å². The van der Waals surface area contributed by atoms with Crippen molar-refractivity contribution in [2.75, 3.05) is 26.3 Å². The lowest BCUT2D eigenvalue weighted by molar-refractivity contribution is -0.152. The van der Waals surface area contributed by atoms with E-state index < -0.39 is 42.0 Å². The van der Waals surface area contributed by atoms with Crippen LogP contribution in [-0.4, -0.2) is 65.9 Å². The number of rotatable bonds is 6. The van der Waals surface area contributed by atoms with Crippen molar-refractivity contribution in [3.8, 4) is 11.5 Å². The van der Waals surface area contributed by atoms with Crippen molar-refractivity contribution in [1.29, 1.82) is 0 Å². The number of nitrogens with one attached hydrogen (secondary N) is 1. The Morgan fingerprint density at radius 2 is 1.84 bits per heavy atom. The number of aliphatic carboxylic acids is 1. The van der Waals surface area contributed by atoms with E-state index in [0.717, 1.165) is 11.0 Å². The average Bonchev–Trinajstić information content (AvgIpc) is 3.40. The zero-order chi connectivity index (χ0) is 22.7. The third-order valence-electron chi connectivity index (χ3n) is 5.28. The number of nitrogens with zero attached hydrogens (tertiary/aromatic N) is 1. The maximum Gasteiger partial charge on any atom is 0.326 e. The van der Waals surface area contributed by atoms with Crippen molar-refractivity contribution in [1.82, 2.24) is 10.2 Å². The molecule has 9 nitrogen and oxygen atoms in total. The summed E-state index contributed by atoms with van der Waals surface area (Å²) in [5.74, 6) is -3.86. The maximum atomic E-state index is 14.4. The Hall–Kier alpha value is -3.50. The quantitative estimate of drug-likeness (QED) is 0.698. The lowest BCUT2D eigenvalue weighted by Gasteiger charge is -2.23. The van der Waals surface area contributed by atoms with E-state index in [1.807, 2.05) is 6.07 Å². The van der Waals surface area contributed by atoms with Gasteiger partial charge in [0.1, 0.15) is 23.4 Å². The van der Waals surface area contributed by atoms with Crippen molar-refractivity contribution >= 4 is 17.8 Å². The normalized spacial score (nSPS) is 19.2. The highest BCUT2D eigenvalue weighted by Gasteiger charge is 2.52. The second-order valence-corrected chi connectivity index (χ2v) is 7.43. The topological polar surface area (TPSA) is 114 Å². The predicted molar refractivity (Wildman–Crippen MR) is 108 cm³/mol. The Morgan fingerprint density at radius 1 is 1.12 bits per heavy atom. The molecule has 32 heavy (non-hydrogen) atoms. The number of carboxylic acid groups (broad SMARTS) is 1. The molecule has 0 bridgehead atoms. The van der Waals surface area contributed by atoms with Crippen molar-refractivity contribution in [2.45, 2.75) is 18.2 Å². The van der Waals surface area contributed by atoms with Crippen LogP contribution in [0.25, 0.3) is 0 Å². The third-order valence-corrected chi connectivity index (χ3v) is 5.28. The SMILES string of the molecule is O=C(NCC(=O)N1CC2(CC1C(=O)O)OCCO2)c1ccc(Oc2ccccc2)cc1F. The summed E-state index contributed by atoms with van der Waals surface area (Å²) in [7, 11) is 0. The fourth-order valence-corrected chi connectivity index (χ4v) is 3.75. The number of hydrogen-bond donors (Lipinski definition) is 2. The lowest BCUT2D eigenvalue weighted by atomic mass is 10.1. The van der Waals surface area contributed by atoms with Gasteiger partial charge in [0.2, 0.25) is 5.91 Å². The standard InChI is InChI=1S/C22H21FN2O7/c23-17-10-15(32-14-4-2-1-3-5-14)6-7-16(17)20(27)24-12-19(26)25-13-22(30-8-9-31-22)11-18(25)21(28)29/h1-7,10,18H,8-9,11-13H2,(H,24,27)(H,28,29). The summed E-state index contributed by atoms with van der Waals surface area (Å²) in [5, 5.41) is 11.8. The highest BCUT2D eigenvalue weighted by molar-refractivity contribution is 5.97. The molecule has 0 saturated carbocycles. The molecule has 168 valence electrons. The first-order valence-corrected chi connectivity index (χ1v) is 9.98. The maximum absolute atomic E-state index is 14.4.